The molecule has 1 unspecified atom stereocenters. The van der Waals surface area contributed by atoms with Crippen LogP contribution in [0.2, 0.25) is 0 Å². The van der Waals surface area contributed by atoms with Crippen LogP contribution in [0.4, 0.5) is 0 Å². The summed E-state index contributed by atoms with van der Waals surface area (Å²) in [6.45, 7) is -0.0437. The van der Waals surface area contributed by atoms with Gasteiger partial charge in [0.25, 0.3) is 0 Å². The summed E-state index contributed by atoms with van der Waals surface area (Å²) in [5.41, 5.74) is 0.798. The topological polar surface area (TPSA) is 94.9 Å². The van der Waals surface area contributed by atoms with Crippen LogP contribution in [0.25, 0.3) is 0 Å². The van der Waals surface area contributed by atoms with Crippen molar-refractivity contribution in [3.63, 3.8) is 0 Å². The molecule has 0 aliphatic carbocycles. The second-order valence-electron chi connectivity index (χ2n) is 4.83. The lowest BCUT2D eigenvalue weighted by molar-refractivity contribution is -0.148. The molecule has 20 heavy (non-hydrogen) atoms. The lowest BCUT2D eigenvalue weighted by atomic mass is 10.0. The minimum absolute atomic E-state index is 0.0437. The molecule has 0 bridgehead atoms. The molecule has 0 saturated carbocycles. The number of carbonyl (C=O) groups excluding carboxylic acids is 1. The molecule has 106 valence electrons. The van der Waals surface area contributed by atoms with E-state index in [1.807, 2.05) is 6.07 Å². The van der Waals surface area contributed by atoms with Gasteiger partial charge in [0.05, 0.1) is 5.92 Å². The highest BCUT2D eigenvalue weighted by molar-refractivity contribution is 5.89. The monoisotopic (exact) mass is 277 g/mol. The van der Waals surface area contributed by atoms with Gasteiger partial charge in [-0.1, -0.05) is 30.3 Å². The molecule has 1 heterocycles. The van der Waals surface area contributed by atoms with E-state index in [-0.39, 0.29) is 19.4 Å². The molecule has 1 aromatic rings. The van der Waals surface area contributed by atoms with Crippen molar-refractivity contribution in [3.05, 3.63) is 35.9 Å². The number of hydrogen-bond donors (Lipinski definition) is 2. The fourth-order valence-electron chi connectivity index (χ4n) is 2.37. The van der Waals surface area contributed by atoms with E-state index < -0.39 is 29.8 Å². The molecule has 6 nitrogen and oxygen atoms in total. The van der Waals surface area contributed by atoms with E-state index in [2.05, 4.69) is 0 Å². The van der Waals surface area contributed by atoms with Crippen LogP contribution in [0.3, 0.4) is 0 Å². The van der Waals surface area contributed by atoms with Gasteiger partial charge in [0.2, 0.25) is 5.91 Å². The first kappa shape index (κ1) is 14.0. The van der Waals surface area contributed by atoms with Crippen molar-refractivity contribution in [2.24, 2.45) is 5.92 Å². The quantitative estimate of drug-likeness (QED) is 0.822. The maximum Gasteiger partial charge on any atom is 0.326 e. The molecule has 6 heteroatoms. The Balaban J connectivity index is 2.15. The van der Waals surface area contributed by atoms with E-state index in [0.717, 1.165) is 10.5 Å². The zero-order valence-corrected chi connectivity index (χ0v) is 10.7. The van der Waals surface area contributed by atoms with Gasteiger partial charge >= 0.3 is 11.9 Å². The van der Waals surface area contributed by atoms with Crippen LogP contribution in [-0.4, -0.2) is 45.5 Å². The van der Waals surface area contributed by atoms with Gasteiger partial charge in [-0.2, -0.15) is 0 Å². The van der Waals surface area contributed by atoms with Crippen LogP contribution in [0.1, 0.15) is 12.0 Å². The molecule has 0 spiro atoms. The Morgan fingerprint density at radius 1 is 1.25 bits per heavy atom. The Labute approximate surface area is 115 Å². The second kappa shape index (κ2) is 5.73. The zero-order chi connectivity index (χ0) is 14.7. The third kappa shape index (κ3) is 2.96. The summed E-state index contributed by atoms with van der Waals surface area (Å²) in [5, 5.41) is 18.2. The highest BCUT2D eigenvalue weighted by Crippen LogP contribution is 2.22. The normalized spacial score (nSPS) is 19.9. The number of amides is 1. The van der Waals surface area contributed by atoms with E-state index in [1.165, 1.54) is 0 Å². The maximum absolute atomic E-state index is 11.8. The van der Waals surface area contributed by atoms with Gasteiger partial charge in [-0.3, -0.25) is 9.59 Å². The molecule has 1 aliphatic heterocycles. The number of aliphatic carboxylic acids is 2. The number of nitrogens with zero attached hydrogens (tertiary/aromatic N) is 1. The lowest BCUT2D eigenvalue weighted by Gasteiger charge is -2.24. The van der Waals surface area contributed by atoms with E-state index in [1.54, 1.807) is 24.3 Å². The van der Waals surface area contributed by atoms with Crippen molar-refractivity contribution in [1.29, 1.82) is 0 Å². The number of carboxylic acid groups (broad SMARTS) is 2. The molecule has 2 rings (SSSR count). The molecule has 0 radical (unpaired) electrons. The van der Waals surface area contributed by atoms with Crippen molar-refractivity contribution < 1.29 is 24.6 Å². The first-order chi connectivity index (χ1) is 9.49. The van der Waals surface area contributed by atoms with E-state index in [9.17, 15) is 19.5 Å². The van der Waals surface area contributed by atoms with Gasteiger partial charge in [-0.25, -0.2) is 4.79 Å². The SMILES string of the molecule is O=C(O)C1CC(=O)N([C@@H](Cc2ccccc2)C(=O)O)C1. The van der Waals surface area contributed by atoms with Crippen LogP contribution in [0.5, 0.6) is 0 Å². The second-order valence-corrected chi connectivity index (χ2v) is 4.83. The van der Waals surface area contributed by atoms with Crippen LogP contribution in [-0.2, 0) is 20.8 Å². The van der Waals surface area contributed by atoms with Crippen molar-refractivity contribution in [3.8, 4) is 0 Å². The van der Waals surface area contributed by atoms with Crippen molar-refractivity contribution in [1.82, 2.24) is 4.90 Å². The van der Waals surface area contributed by atoms with Crippen LogP contribution < -0.4 is 0 Å². The summed E-state index contributed by atoms with van der Waals surface area (Å²) >= 11 is 0. The largest absolute Gasteiger partial charge is 0.481 e. The lowest BCUT2D eigenvalue weighted by Crippen LogP contribution is -2.44. The fraction of sp³-hybridized carbons (Fsp3) is 0.357. The highest BCUT2D eigenvalue weighted by Gasteiger charge is 2.40. The third-order valence-electron chi connectivity index (χ3n) is 3.44. The molecule has 1 aromatic carbocycles. The summed E-state index contributed by atoms with van der Waals surface area (Å²) < 4.78 is 0. The smallest absolute Gasteiger partial charge is 0.326 e. The Bertz CT molecular complexity index is 528. The van der Waals surface area contributed by atoms with Crippen molar-refractivity contribution in [2.45, 2.75) is 18.9 Å². The average Bonchev–Trinajstić information content (AvgIpc) is 2.79. The number of hydrogen-bond acceptors (Lipinski definition) is 3. The predicted octanol–water partition coefficient (Wildman–Crippen LogP) is 0.615. The van der Waals surface area contributed by atoms with Gasteiger partial charge in [0.1, 0.15) is 6.04 Å². The molecule has 2 atom stereocenters. The molecule has 1 saturated heterocycles. The predicted molar refractivity (Wildman–Crippen MR) is 69.0 cm³/mol. The molecule has 2 N–H and O–H groups in total. The summed E-state index contributed by atoms with van der Waals surface area (Å²) in [5.74, 6) is -3.42. The molecular weight excluding hydrogens is 262 g/mol. The van der Waals surface area contributed by atoms with Crippen molar-refractivity contribution in [2.75, 3.05) is 6.54 Å². The number of carboxylic acids is 2. The van der Waals surface area contributed by atoms with Crippen LogP contribution in [0.15, 0.2) is 30.3 Å². The van der Waals surface area contributed by atoms with Gasteiger partial charge in [-0.15, -0.1) is 0 Å². The summed E-state index contributed by atoms with van der Waals surface area (Å²) in [7, 11) is 0. The summed E-state index contributed by atoms with van der Waals surface area (Å²) in [6.07, 6.45) is 0.0438. The standard InChI is InChI=1S/C14H15NO5/c16-12-7-10(13(17)18)8-15(12)11(14(19)20)6-9-4-2-1-3-5-9/h1-5,10-11H,6-8H2,(H,17,18)(H,19,20)/t10?,11-/m0/s1. The molecule has 0 aromatic heterocycles. The van der Waals surface area contributed by atoms with Crippen LogP contribution in [0, 0.1) is 5.92 Å². The van der Waals surface area contributed by atoms with Gasteiger partial charge in [0, 0.05) is 19.4 Å². The Kier molecular flexibility index (Phi) is 4.02. The zero-order valence-electron chi connectivity index (χ0n) is 10.7. The Morgan fingerprint density at radius 2 is 1.90 bits per heavy atom. The molecule has 1 aliphatic rings. The molecular formula is C14H15NO5. The summed E-state index contributed by atoms with van der Waals surface area (Å²) in [4.78, 5) is 35.3. The minimum Gasteiger partial charge on any atom is -0.481 e. The van der Waals surface area contributed by atoms with Gasteiger partial charge < -0.3 is 15.1 Å². The first-order valence-corrected chi connectivity index (χ1v) is 6.28. The number of likely N-dealkylation sites (tertiary alicyclic amines) is 1. The van der Waals surface area contributed by atoms with E-state index in [4.69, 9.17) is 5.11 Å². The van der Waals surface area contributed by atoms with Gasteiger partial charge in [-0.05, 0) is 5.56 Å². The van der Waals surface area contributed by atoms with E-state index >= 15 is 0 Å². The Morgan fingerprint density at radius 3 is 2.40 bits per heavy atom. The Hall–Kier alpha value is -2.37. The first-order valence-electron chi connectivity index (χ1n) is 6.28. The van der Waals surface area contributed by atoms with Crippen LogP contribution >= 0.6 is 0 Å². The van der Waals surface area contributed by atoms with E-state index in [0.29, 0.717) is 0 Å². The maximum atomic E-state index is 11.8. The van der Waals surface area contributed by atoms with Crippen molar-refractivity contribution >= 4 is 17.8 Å². The molecule has 1 fully saturated rings. The summed E-state index contributed by atoms with van der Waals surface area (Å²) in [6, 6.07) is 7.95. The highest BCUT2D eigenvalue weighted by atomic mass is 16.4. The minimum atomic E-state index is -1.12. The molecule has 1 amide bonds. The average molecular weight is 277 g/mol. The third-order valence-corrected chi connectivity index (χ3v) is 3.44. The fourth-order valence-corrected chi connectivity index (χ4v) is 2.37. The number of carbonyl (C=O) groups is 3. The number of benzene rings is 1. The van der Waals surface area contributed by atoms with Gasteiger partial charge in [0.15, 0.2) is 0 Å². The number of rotatable bonds is 5.